The summed E-state index contributed by atoms with van der Waals surface area (Å²) in [7, 11) is 1.87. The zero-order chi connectivity index (χ0) is 10.4. The zero-order valence-electron chi connectivity index (χ0n) is 8.67. The highest BCUT2D eigenvalue weighted by Gasteiger charge is 2.09. The van der Waals surface area contributed by atoms with E-state index < -0.39 is 0 Å². The third-order valence-corrected chi connectivity index (χ3v) is 2.84. The van der Waals surface area contributed by atoms with E-state index in [0.29, 0.717) is 11.4 Å². The quantitative estimate of drug-likeness (QED) is 0.735. The Labute approximate surface area is 88.6 Å². The first-order valence-corrected chi connectivity index (χ1v) is 5.78. The first kappa shape index (κ1) is 11.3. The molecule has 14 heavy (non-hydrogen) atoms. The van der Waals surface area contributed by atoms with Crippen LogP contribution in [0.25, 0.3) is 0 Å². The Morgan fingerprint density at radius 2 is 2.43 bits per heavy atom. The van der Waals surface area contributed by atoms with E-state index in [0.717, 1.165) is 25.1 Å². The summed E-state index contributed by atoms with van der Waals surface area (Å²) in [6.45, 7) is 2.82. The number of unbranched alkanes of at least 4 members (excludes halogenated alkanes) is 1. The molecule has 0 saturated heterocycles. The van der Waals surface area contributed by atoms with E-state index >= 15 is 0 Å². The molecule has 0 spiro atoms. The number of ketones is 1. The fourth-order valence-corrected chi connectivity index (χ4v) is 1.93. The van der Waals surface area contributed by atoms with Crippen LogP contribution in [0.2, 0.25) is 0 Å². The van der Waals surface area contributed by atoms with Gasteiger partial charge >= 0.3 is 0 Å². The predicted octanol–water partition coefficient (Wildman–Crippen LogP) is 2.24. The number of carbonyl (C=O) groups is 1. The van der Waals surface area contributed by atoms with Crippen molar-refractivity contribution in [3.8, 4) is 0 Å². The number of Topliss-reactive ketones (excluding diaryl/α,β-unsaturated/α-hetero) is 1. The third kappa shape index (κ3) is 3.20. The molecule has 4 heteroatoms. The Bertz CT molecular complexity index is 296. The highest BCUT2D eigenvalue weighted by atomic mass is 32.1. The number of hydrogen-bond donors (Lipinski definition) is 1. The molecule has 0 unspecified atom stereocenters. The van der Waals surface area contributed by atoms with Gasteiger partial charge < -0.3 is 5.32 Å². The lowest BCUT2D eigenvalue weighted by molar-refractivity contribution is 0.0979. The molecule has 0 aromatic carbocycles. The topological polar surface area (TPSA) is 42.0 Å². The van der Waals surface area contributed by atoms with Gasteiger partial charge in [-0.3, -0.25) is 4.79 Å². The van der Waals surface area contributed by atoms with Gasteiger partial charge in [-0.1, -0.05) is 13.3 Å². The average molecular weight is 212 g/mol. The maximum Gasteiger partial charge on any atom is 0.191 e. The van der Waals surface area contributed by atoms with Gasteiger partial charge in [0.2, 0.25) is 0 Å². The van der Waals surface area contributed by atoms with Gasteiger partial charge in [-0.25, -0.2) is 4.98 Å². The van der Waals surface area contributed by atoms with E-state index in [4.69, 9.17) is 0 Å². The molecule has 1 N–H and O–H groups in total. The molecule has 0 amide bonds. The summed E-state index contributed by atoms with van der Waals surface area (Å²) in [6, 6.07) is 0. The van der Waals surface area contributed by atoms with Crippen molar-refractivity contribution in [2.75, 3.05) is 7.05 Å². The van der Waals surface area contributed by atoms with Crippen LogP contribution >= 0.6 is 11.3 Å². The second-order valence-electron chi connectivity index (χ2n) is 3.20. The monoisotopic (exact) mass is 212 g/mol. The van der Waals surface area contributed by atoms with Gasteiger partial charge in [0.1, 0.15) is 0 Å². The molecule has 1 aromatic rings. The summed E-state index contributed by atoms with van der Waals surface area (Å²) in [5.41, 5.74) is 0.956. The maximum atomic E-state index is 11.5. The molecular weight excluding hydrogens is 196 g/mol. The molecule has 0 saturated carbocycles. The predicted molar refractivity (Wildman–Crippen MR) is 58.7 cm³/mol. The van der Waals surface area contributed by atoms with Crippen molar-refractivity contribution < 1.29 is 4.79 Å². The molecule has 0 aliphatic heterocycles. The number of nitrogens with one attached hydrogen (secondary N) is 1. The largest absolute Gasteiger partial charge is 0.314 e. The van der Waals surface area contributed by atoms with E-state index in [1.165, 1.54) is 11.3 Å². The fourth-order valence-electron chi connectivity index (χ4n) is 1.14. The van der Waals surface area contributed by atoms with Crippen LogP contribution in [0.1, 0.15) is 41.7 Å². The van der Waals surface area contributed by atoms with E-state index in [-0.39, 0.29) is 5.78 Å². The molecule has 0 aliphatic carbocycles. The van der Waals surface area contributed by atoms with Gasteiger partial charge in [0, 0.05) is 18.3 Å². The third-order valence-electron chi connectivity index (χ3n) is 1.91. The van der Waals surface area contributed by atoms with Crippen LogP contribution in [0.5, 0.6) is 0 Å². The minimum absolute atomic E-state index is 0.180. The smallest absolute Gasteiger partial charge is 0.191 e. The van der Waals surface area contributed by atoms with E-state index in [9.17, 15) is 4.79 Å². The first-order chi connectivity index (χ1) is 6.77. The van der Waals surface area contributed by atoms with Crippen LogP contribution in [0, 0.1) is 0 Å². The summed E-state index contributed by atoms with van der Waals surface area (Å²) in [5.74, 6) is 0.180. The van der Waals surface area contributed by atoms with E-state index in [1.54, 1.807) is 0 Å². The molecule has 0 atom stereocenters. The van der Waals surface area contributed by atoms with Gasteiger partial charge in [-0.15, -0.1) is 11.3 Å². The second-order valence-corrected chi connectivity index (χ2v) is 4.06. The Morgan fingerprint density at radius 1 is 1.64 bits per heavy atom. The molecule has 0 fully saturated rings. The zero-order valence-corrected chi connectivity index (χ0v) is 9.49. The Morgan fingerprint density at radius 3 is 3.07 bits per heavy atom. The Hall–Kier alpha value is -0.740. The van der Waals surface area contributed by atoms with Crippen molar-refractivity contribution in [1.82, 2.24) is 10.3 Å². The van der Waals surface area contributed by atoms with Crippen molar-refractivity contribution in [1.29, 1.82) is 0 Å². The molecule has 3 nitrogen and oxygen atoms in total. The molecule has 1 rings (SSSR count). The van der Waals surface area contributed by atoms with E-state index in [2.05, 4.69) is 17.2 Å². The van der Waals surface area contributed by atoms with Gasteiger partial charge in [-0.2, -0.15) is 0 Å². The van der Waals surface area contributed by atoms with Crippen molar-refractivity contribution in [2.45, 2.75) is 32.7 Å². The number of rotatable bonds is 6. The van der Waals surface area contributed by atoms with Crippen molar-refractivity contribution in [3.05, 3.63) is 16.1 Å². The maximum absolute atomic E-state index is 11.5. The van der Waals surface area contributed by atoms with Gasteiger partial charge in [0.05, 0.1) is 5.69 Å². The fraction of sp³-hybridized carbons (Fsp3) is 0.600. The summed E-state index contributed by atoms with van der Waals surface area (Å²) >= 11 is 1.45. The highest BCUT2D eigenvalue weighted by Crippen LogP contribution is 2.13. The van der Waals surface area contributed by atoms with Crippen LogP contribution in [0.3, 0.4) is 0 Å². The molecule has 0 radical (unpaired) electrons. The molecule has 1 heterocycles. The molecule has 1 aromatic heterocycles. The van der Waals surface area contributed by atoms with Crippen molar-refractivity contribution >= 4 is 17.1 Å². The van der Waals surface area contributed by atoms with Crippen LogP contribution in [0.15, 0.2) is 5.38 Å². The van der Waals surface area contributed by atoms with Crippen LogP contribution in [0.4, 0.5) is 0 Å². The highest BCUT2D eigenvalue weighted by molar-refractivity contribution is 7.11. The summed E-state index contributed by atoms with van der Waals surface area (Å²) in [5, 5.41) is 5.61. The van der Waals surface area contributed by atoms with Crippen LogP contribution in [-0.2, 0) is 6.54 Å². The number of carbonyl (C=O) groups excluding carboxylic acids is 1. The van der Waals surface area contributed by atoms with Gasteiger partial charge in [0.25, 0.3) is 0 Å². The number of thiazole rings is 1. The summed E-state index contributed by atoms with van der Waals surface area (Å²) in [6.07, 6.45) is 2.64. The molecule has 78 valence electrons. The Balaban J connectivity index is 2.53. The minimum Gasteiger partial charge on any atom is -0.314 e. The normalized spacial score (nSPS) is 10.4. The summed E-state index contributed by atoms with van der Waals surface area (Å²) in [4.78, 5) is 15.8. The van der Waals surface area contributed by atoms with Crippen molar-refractivity contribution in [3.63, 3.8) is 0 Å². The lowest BCUT2D eigenvalue weighted by Gasteiger charge is -1.94. The molecular formula is C10H16N2OS. The van der Waals surface area contributed by atoms with E-state index in [1.807, 2.05) is 12.4 Å². The Kier molecular flexibility index (Phi) is 4.76. The first-order valence-electron chi connectivity index (χ1n) is 4.90. The SMILES string of the molecule is CCCCC(=O)c1nc(CNC)cs1. The lowest BCUT2D eigenvalue weighted by atomic mass is 10.2. The minimum atomic E-state index is 0.180. The number of hydrogen-bond acceptors (Lipinski definition) is 4. The second kappa shape index (κ2) is 5.88. The van der Waals surface area contributed by atoms with Gasteiger partial charge in [0.15, 0.2) is 10.8 Å². The average Bonchev–Trinajstić information content (AvgIpc) is 2.63. The lowest BCUT2D eigenvalue weighted by Crippen LogP contribution is -2.06. The number of nitrogens with zero attached hydrogens (tertiary/aromatic N) is 1. The summed E-state index contributed by atoms with van der Waals surface area (Å²) < 4.78 is 0. The van der Waals surface area contributed by atoms with Crippen LogP contribution < -0.4 is 5.32 Å². The van der Waals surface area contributed by atoms with Gasteiger partial charge in [-0.05, 0) is 13.5 Å². The molecule has 0 aliphatic rings. The van der Waals surface area contributed by atoms with Crippen molar-refractivity contribution in [2.24, 2.45) is 0 Å². The standard InChI is InChI=1S/C10H16N2OS/c1-3-4-5-9(13)10-12-8(6-11-2)7-14-10/h7,11H,3-6H2,1-2H3. The van der Waals surface area contributed by atoms with Crippen LogP contribution in [-0.4, -0.2) is 17.8 Å². The number of aromatic nitrogens is 1. The molecule has 0 bridgehead atoms.